The number of ether oxygens (including phenoxy) is 1. The number of rotatable bonds is 5. The molecule has 1 heterocycles. The Labute approximate surface area is 93.8 Å². The third kappa shape index (κ3) is 2.97. The molecule has 0 aliphatic carbocycles. The highest BCUT2D eigenvalue weighted by Crippen LogP contribution is 2.18. The molecule has 1 rings (SSSR count). The average molecular weight is 232 g/mol. The van der Waals surface area contributed by atoms with Crippen LogP contribution in [0.5, 0.6) is 0 Å². The van der Waals surface area contributed by atoms with Gasteiger partial charge in [-0.25, -0.2) is 0 Å². The Kier molecular flexibility index (Phi) is 4.65. The highest BCUT2D eigenvalue weighted by molar-refractivity contribution is 6.32. The molecule has 0 aromatic carbocycles. The lowest BCUT2D eigenvalue weighted by Crippen LogP contribution is -2.33. The van der Waals surface area contributed by atoms with Gasteiger partial charge < -0.3 is 14.1 Å². The lowest BCUT2D eigenvalue weighted by atomic mass is 10.3. The molecule has 0 unspecified atom stereocenters. The quantitative estimate of drug-likeness (QED) is 0.779. The van der Waals surface area contributed by atoms with Gasteiger partial charge in [-0.2, -0.15) is 0 Å². The summed E-state index contributed by atoms with van der Waals surface area (Å²) in [4.78, 5) is 13.5. The van der Waals surface area contributed by atoms with Gasteiger partial charge in [0.15, 0.2) is 0 Å². The highest BCUT2D eigenvalue weighted by Gasteiger charge is 2.18. The second-order valence-electron chi connectivity index (χ2n) is 2.99. The topological polar surface area (TPSA) is 42.7 Å². The van der Waals surface area contributed by atoms with Crippen LogP contribution in [0.25, 0.3) is 0 Å². The number of furan rings is 1. The van der Waals surface area contributed by atoms with Crippen molar-refractivity contribution in [2.75, 3.05) is 26.8 Å². The Morgan fingerprint density at radius 2 is 2.40 bits per heavy atom. The number of hydrogen-bond acceptors (Lipinski definition) is 3. The molecule has 0 radical (unpaired) electrons. The monoisotopic (exact) mass is 231 g/mol. The van der Waals surface area contributed by atoms with Crippen molar-refractivity contribution in [2.45, 2.75) is 6.92 Å². The van der Waals surface area contributed by atoms with E-state index in [0.717, 1.165) is 0 Å². The minimum absolute atomic E-state index is 0.131. The number of halogens is 1. The van der Waals surface area contributed by atoms with Crippen LogP contribution in [0.2, 0.25) is 5.22 Å². The summed E-state index contributed by atoms with van der Waals surface area (Å²) < 4.78 is 9.79. The van der Waals surface area contributed by atoms with Crippen molar-refractivity contribution in [1.29, 1.82) is 0 Å². The summed E-state index contributed by atoms with van der Waals surface area (Å²) in [5.41, 5.74) is 0.398. The van der Waals surface area contributed by atoms with Crippen molar-refractivity contribution in [3.8, 4) is 0 Å². The second kappa shape index (κ2) is 5.78. The van der Waals surface area contributed by atoms with Crippen molar-refractivity contribution in [2.24, 2.45) is 0 Å². The molecular formula is C10H14ClNO3. The minimum atomic E-state index is -0.131. The number of methoxy groups -OCH3 is 1. The van der Waals surface area contributed by atoms with Gasteiger partial charge in [-0.1, -0.05) is 0 Å². The standard InChI is InChI=1S/C10H14ClNO3/c1-3-12(5-7-14-2)10(13)8-4-6-15-9(8)11/h4,6H,3,5,7H2,1-2H3. The molecule has 0 bridgehead atoms. The first-order chi connectivity index (χ1) is 7.20. The smallest absolute Gasteiger partial charge is 0.258 e. The van der Waals surface area contributed by atoms with E-state index in [2.05, 4.69) is 0 Å². The fourth-order valence-corrected chi connectivity index (χ4v) is 1.42. The van der Waals surface area contributed by atoms with Crippen molar-refractivity contribution in [3.05, 3.63) is 23.1 Å². The first-order valence-electron chi connectivity index (χ1n) is 4.72. The van der Waals surface area contributed by atoms with E-state index < -0.39 is 0 Å². The summed E-state index contributed by atoms with van der Waals surface area (Å²) in [5, 5.41) is 0.135. The second-order valence-corrected chi connectivity index (χ2v) is 3.33. The maximum absolute atomic E-state index is 11.9. The fraction of sp³-hybridized carbons (Fsp3) is 0.500. The summed E-state index contributed by atoms with van der Waals surface area (Å²) in [5.74, 6) is -0.131. The average Bonchev–Trinajstić information content (AvgIpc) is 2.65. The Bertz CT molecular complexity index is 324. The summed E-state index contributed by atoms with van der Waals surface area (Å²) in [7, 11) is 1.60. The maximum atomic E-state index is 11.9. The van der Waals surface area contributed by atoms with E-state index >= 15 is 0 Å². The normalized spacial score (nSPS) is 10.3. The van der Waals surface area contributed by atoms with Crippen LogP contribution in [-0.4, -0.2) is 37.6 Å². The molecule has 0 aliphatic rings. The summed E-state index contributed by atoms with van der Waals surface area (Å²) in [6, 6.07) is 1.57. The van der Waals surface area contributed by atoms with Crippen LogP contribution in [0.15, 0.2) is 16.7 Å². The van der Waals surface area contributed by atoms with Crippen LogP contribution < -0.4 is 0 Å². The molecule has 0 atom stereocenters. The van der Waals surface area contributed by atoms with Crippen LogP contribution in [0, 0.1) is 0 Å². The highest BCUT2D eigenvalue weighted by atomic mass is 35.5. The van der Waals surface area contributed by atoms with Crippen LogP contribution >= 0.6 is 11.6 Å². The Morgan fingerprint density at radius 3 is 2.87 bits per heavy atom. The Balaban J connectivity index is 2.69. The summed E-state index contributed by atoms with van der Waals surface area (Å²) >= 11 is 5.72. The van der Waals surface area contributed by atoms with E-state index in [4.69, 9.17) is 20.8 Å². The van der Waals surface area contributed by atoms with Crippen molar-refractivity contribution < 1.29 is 13.9 Å². The molecule has 15 heavy (non-hydrogen) atoms. The number of carbonyl (C=O) groups excluding carboxylic acids is 1. The zero-order valence-corrected chi connectivity index (χ0v) is 9.58. The van der Waals surface area contributed by atoms with Crippen molar-refractivity contribution >= 4 is 17.5 Å². The summed E-state index contributed by atoms with van der Waals surface area (Å²) in [6.07, 6.45) is 1.40. The van der Waals surface area contributed by atoms with E-state index in [9.17, 15) is 4.79 Å². The van der Waals surface area contributed by atoms with E-state index in [0.29, 0.717) is 25.3 Å². The Hall–Kier alpha value is -1.00. The lowest BCUT2D eigenvalue weighted by Gasteiger charge is -2.19. The molecule has 0 N–H and O–H groups in total. The number of carbonyl (C=O) groups is 1. The molecule has 0 saturated heterocycles. The predicted octanol–water partition coefficient (Wildman–Crippen LogP) is 2.04. The molecule has 1 amide bonds. The summed E-state index contributed by atoms with van der Waals surface area (Å²) in [6.45, 7) is 3.58. The van der Waals surface area contributed by atoms with Crippen LogP contribution in [-0.2, 0) is 4.74 Å². The van der Waals surface area contributed by atoms with Gasteiger partial charge in [-0.3, -0.25) is 4.79 Å². The molecule has 0 saturated carbocycles. The van der Waals surface area contributed by atoms with E-state index in [1.54, 1.807) is 18.1 Å². The van der Waals surface area contributed by atoms with E-state index in [-0.39, 0.29) is 11.1 Å². The molecular weight excluding hydrogens is 218 g/mol. The molecule has 0 aliphatic heterocycles. The molecule has 84 valence electrons. The van der Waals surface area contributed by atoms with Gasteiger partial charge in [0, 0.05) is 20.2 Å². The third-order valence-corrected chi connectivity index (χ3v) is 2.38. The minimum Gasteiger partial charge on any atom is -0.452 e. The fourth-order valence-electron chi connectivity index (χ4n) is 1.22. The van der Waals surface area contributed by atoms with Crippen molar-refractivity contribution in [1.82, 2.24) is 4.90 Å². The van der Waals surface area contributed by atoms with Crippen molar-refractivity contribution in [3.63, 3.8) is 0 Å². The molecule has 1 aromatic rings. The lowest BCUT2D eigenvalue weighted by molar-refractivity contribution is 0.0706. The van der Waals surface area contributed by atoms with Gasteiger partial charge >= 0.3 is 0 Å². The zero-order valence-electron chi connectivity index (χ0n) is 8.83. The van der Waals surface area contributed by atoms with Gasteiger partial charge in [-0.15, -0.1) is 0 Å². The first kappa shape index (κ1) is 12.1. The molecule has 5 heteroatoms. The molecule has 1 aromatic heterocycles. The van der Waals surface area contributed by atoms with Gasteiger partial charge in [0.1, 0.15) is 0 Å². The van der Waals surface area contributed by atoms with Gasteiger partial charge in [0.05, 0.1) is 18.4 Å². The number of hydrogen-bond donors (Lipinski definition) is 0. The van der Waals surface area contributed by atoms with Crippen LogP contribution in [0.3, 0.4) is 0 Å². The van der Waals surface area contributed by atoms with Crippen LogP contribution in [0.1, 0.15) is 17.3 Å². The predicted molar refractivity (Wildman–Crippen MR) is 57.2 cm³/mol. The van der Waals surface area contributed by atoms with Crippen LogP contribution in [0.4, 0.5) is 0 Å². The number of likely N-dealkylation sites (N-methyl/N-ethyl adjacent to an activating group) is 1. The Morgan fingerprint density at radius 1 is 1.67 bits per heavy atom. The molecule has 0 spiro atoms. The first-order valence-corrected chi connectivity index (χ1v) is 5.09. The number of amides is 1. The third-order valence-electron chi connectivity index (χ3n) is 2.08. The van der Waals surface area contributed by atoms with Gasteiger partial charge in [0.25, 0.3) is 5.91 Å². The molecule has 0 fully saturated rings. The van der Waals surface area contributed by atoms with E-state index in [1.165, 1.54) is 6.26 Å². The largest absolute Gasteiger partial charge is 0.452 e. The van der Waals surface area contributed by atoms with Gasteiger partial charge in [-0.05, 0) is 24.6 Å². The zero-order chi connectivity index (χ0) is 11.3. The maximum Gasteiger partial charge on any atom is 0.258 e. The van der Waals surface area contributed by atoms with E-state index in [1.807, 2.05) is 6.92 Å². The SMILES string of the molecule is CCN(CCOC)C(=O)c1ccoc1Cl. The molecule has 4 nitrogen and oxygen atoms in total. The number of nitrogens with zero attached hydrogens (tertiary/aromatic N) is 1. The van der Waals surface area contributed by atoms with Gasteiger partial charge in [0.2, 0.25) is 5.22 Å².